The highest BCUT2D eigenvalue weighted by Crippen LogP contribution is 2.15. The minimum absolute atomic E-state index is 0.0659. The molecular formula is C15H23N3O2S. The van der Waals surface area contributed by atoms with Crippen LogP contribution in [0.2, 0.25) is 0 Å². The van der Waals surface area contributed by atoms with Gasteiger partial charge < -0.3 is 20.3 Å². The molecule has 0 heterocycles. The quantitative estimate of drug-likeness (QED) is 0.836. The lowest BCUT2D eigenvalue weighted by atomic mass is 10.1. The number of carbonyl (C=O) groups excluding carboxylic acids is 1. The van der Waals surface area contributed by atoms with Crippen molar-refractivity contribution < 1.29 is 9.53 Å². The number of carbonyl (C=O) groups is 1. The molecule has 1 aromatic carbocycles. The summed E-state index contributed by atoms with van der Waals surface area (Å²) in [5, 5.41) is 6.47. The molecule has 5 nitrogen and oxygen atoms in total. The van der Waals surface area contributed by atoms with E-state index in [1.807, 2.05) is 45.0 Å². The zero-order valence-corrected chi connectivity index (χ0v) is 14.0. The Morgan fingerprint density at radius 2 is 1.86 bits per heavy atom. The van der Waals surface area contributed by atoms with Gasteiger partial charge in [-0.05, 0) is 57.3 Å². The maximum atomic E-state index is 11.9. The fourth-order valence-corrected chi connectivity index (χ4v) is 1.82. The van der Waals surface area contributed by atoms with E-state index in [1.165, 1.54) is 0 Å². The summed E-state index contributed by atoms with van der Waals surface area (Å²) in [7, 11) is 3.40. The van der Waals surface area contributed by atoms with E-state index >= 15 is 0 Å². The van der Waals surface area contributed by atoms with Crippen LogP contribution in [0.3, 0.4) is 0 Å². The van der Waals surface area contributed by atoms with Gasteiger partial charge in [0.1, 0.15) is 5.75 Å². The van der Waals surface area contributed by atoms with Crippen molar-refractivity contribution in [1.29, 1.82) is 0 Å². The fourth-order valence-electron chi connectivity index (χ4n) is 1.64. The summed E-state index contributed by atoms with van der Waals surface area (Å²) in [6.45, 7) is 6.04. The van der Waals surface area contributed by atoms with E-state index in [4.69, 9.17) is 17.0 Å². The van der Waals surface area contributed by atoms with Crippen molar-refractivity contribution >= 4 is 28.9 Å². The number of rotatable bonds is 4. The maximum absolute atomic E-state index is 11.9. The van der Waals surface area contributed by atoms with Crippen LogP contribution in [-0.2, 0) is 4.79 Å². The van der Waals surface area contributed by atoms with Crippen LogP contribution in [0.4, 0.5) is 5.69 Å². The number of nitrogens with zero attached hydrogens (tertiary/aromatic N) is 1. The molecule has 2 N–H and O–H groups in total. The Balaban J connectivity index is 2.52. The number of anilines is 1. The molecule has 1 amide bonds. The monoisotopic (exact) mass is 309 g/mol. The third-order valence-corrected chi connectivity index (χ3v) is 3.00. The standard InChI is InChI=1S/C15H23N3O2S/c1-15(2,3)17-13(19)10-18(4)14(21)16-11-6-8-12(20-5)9-7-11/h6-9H,10H2,1-5H3,(H,16,21)(H,17,19). The van der Waals surface area contributed by atoms with Gasteiger partial charge in [-0.25, -0.2) is 0 Å². The van der Waals surface area contributed by atoms with Crippen LogP contribution in [0.25, 0.3) is 0 Å². The third kappa shape index (κ3) is 6.44. The van der Waals surface area contributed by atoms with Gasteiger partial charge in [0.05, 0.1) is 13.7 Å². The number of ether oxygens (including phenoxy) is 1. The second-order valence-electron chi connectivity index (χ2n) is 5.81. The molecule has 1 aromatic rings. The Morgan fingerprint density at radius 1 is 1.29 bits per heavy atom. The number of likely N-dealkylation sites (N-methyl/N-ethyl adjacent to an activating group) is 1. The van der Waals surface area contributed by atoms with Gasteiger partial charge >= 0.3 is 0 Å². The Labute approximate surface area is 131 Å². The Kier molecular flexibility index (Phi) is 5.96. The van der Waals surface area contributed by atoms with Gasteiger partial charge in [0.15, 0.2) is 5.11 Å². The highest BCUT2D eigenvalue weighted by molar-refractivity contribution is 7.80. The first-order chi connectivity index (χ1) is 9.71. The van der Waals surface area contributed by atoms with Crippen molar-refractivity contribution in [3.63, 3.8) is 0 Å². The van der Waals surface area contributed by atoms with Gasteiger partial charge in [-0.3, -0.25) is 4.79 Å². The van der Waals surface area contributed by atoms with Crippen molar-refractivity contribution in [3.8, 4) is 5.75 Å². The fraction of sp³-hybridized carbons (Fsp3) is 0.467. The molecule has 0 aromatic heterocycles. The lowest BCUT2D eigenvalue weighted by Crippen LogP contribution is -2.47. The van der Waals surface area contributed by atoms with Gasteiger partial charge in [0.25, 0.3) is 0 Å². The number of amides is 1. The molecule has 0 spiro atoms. The lowest BCUT2D eigenvalue weighted by Gasteiger charge is -2.25. The highest BCUT2D eigenvalue weighted by Gasteiger charge is 2.16. The number of hydrogen-bond donors (Lipinski definition) is 2. The summed E-state index contributed by atoms with van der Waals surface area (Å²) >= 11 is 5.28. The number of benzene rings is 1. The molecule has 0 bridgehead atoms. The van der Waals surface area contributed by atoms with Crippen molar-refractivity contribution in [2.75, 3.05) is 26.0 Å². The largest absolute Gasteiger partial charge is 0.497 e. The summed E-state index contributed by atoms with van der Waals surface area (Å²) in [5.74, 6) is 0.716. The SMILES string of the molecule is COc1ccc(NC(=S)N(C)CC(=O)NC(C)(C)C)cc1. The Hall–Kier alpha value is -1.82. The molecular weight excluding hydrogens is 286 g/mol. The van der Waals surface area contributed by atoms with Crippen LogP contribution in [0.1, 0.15) is 20.8 Å². The zero-order valence-electron chi connectivity index (χ0n) is 13.2. The normalized spacial score (nSPS) is 10.7. The molecule has 21 heavy (non-hydrogen) atoms. The average Bonchev–Trinajstić information content (AvgIpc) is 2.37. The summed E-state index contributed by atoms with van der Waals surface area (Å²) in [5.41, 5.74) is 0.604. The van der Waals surface area contributed by atoms with Crippen LogP contribution in [0.5, 0.6) is 5.75 Å². The molecule has 116 valence electrons. The Bertz CT molecular complexity index is 495. The van der Waals surface area contributed by atoms with Gasteiger partial charge in [-0.1, -0.05) is 0 Å². The first kappa shape index (κ1) is 17.2. The molecule has 0 aliphatic rings. The van der Waals surface area contributed by atoms with E-state index in [9.17, 15) is 4.79 Å². The van der Waals surface area contributed by atoms with Gasteiger partial charge in [-0.2, -0.15) is 0 Å². The molecule has 0 atom stereocenters. The van der Waals surface area contributed by atoms with E-state index in [2.05, 4.69) is 10.6 Å². The van der Waals surface area contributed by atoms with Gasteiger partial charge in [-0.15, -0.1) is 0 Å². The Morgan fingerprint density at radius 3 is 2.33 bits per heavy atom. The molecule has 0 fully saturated rings. The molecule has 1 rings (SSSR count). The average molecular weight is 309 g/mol. The number of methoxy groups -OCH3 is 1. The lowest BCUT2D eigenvalue weighted by molar-refractivity contribution is -0.122. The van der Waals surface area contributed by atoms with E-state index in [-0.39, 0.29) is 18.0 Å². The molecule has 6 heteroatoms. The van der Waals surface area contributed by atoms with E-state index < -0.39 is 0 Å². The van der Waals surface area contributed by atoms with Crippen molar-refractivity contribution in [2.24, 2.45) is 0 Å². The molecule has 0 unspecified atom stereocenters. The first-order valence-electron chi connectivity index (χ1n) is 6.68. The van der Waals surface area contributed by atoms with Gasteiger partial charge in [0, 0.05) is 18.3 Å². The zero-order chi connectivity index (χ0) is 16.0. The maximum Gasteiger partial charge on any atom is 0.239 e. The van der Waals surface area contributed by atoms with Crippen LogP contribution in [0.15, 0.2) is 24.3 Å². The van der Waals surface area contributed by atoms with Crippen LogP contribution >= 0.6 is 12.2 Å². The summed E-state index contributed by atoms with van der Waals surface area (Å²) in [4.78, 5) is 13.5. The van der Waals surface area contributed by atoms with Crippen molar-refractivity contribution in [1.82, 2.24) is 10.2 Å². The number of hydrogen-bond acceptors (Lipinski definition) is 3. The third-order valence-electron chi connectivity index (χ3n) is 2.58. The molecule has 0 saturated carbocycles. The molecule has 0 saturated heterocycles. The summed E-state index contributed by atoms with van der Waals surface area (Å²) in [6, 6.07) is 7.43. The van der Waals surface area contributed by atoms with Gasteiger partial charge in [0.2, 0.25) is 5.91 Å². The van der Waals surface area contributed by atoms with E-state index in [0.29, 0.717) is 5.11 Å². The second-order valence-corrected chi connectivity index (χ2v) is 6.20. The molecule has 0 aliphatic carbocycles. The minimum atomic E-state index is -0.247. The topological polar surface area (TPSA) is 53.6 Å². The number of nitrogens with one attached hydrogen (secondary N) is 2. The van der Waals surface area contributed by atoms with Crippen LogP contribution < -0.4 is 15.4 Å². The number of thiocarbonyl (C=S) groups is 1. The van der Waals surface area contributed by atoms with Crippen molar-refractivity contribution in [2.45, 2.75) is 26.3 Å². The van der Waals surface area contributed by atoms with Crippen LogP contribution in [-0.4, -0.2) is 42.2 Å². The minimum Gasteiger partial charge on any atom is -0.497 e. The predicted octanol–water partition coefficient (Wildman–Crippen LogP) is 2.24. The molecule has 0 radical (unpaired) electrons. The predicted molar refractivity (Wildman–Crippen MR) is 89.7 cm³/mol. The first-order valence-corrected chi connectivity index (χ1v) is 7.09. The summed E-state index contributed by atoms with van der Waals surface area (Å²) < 4.78 is 5.10. The smallest absolute Gasteiger partial charge is 0.239 e. The van der Waals surface area contributed by atoms with Crippen LogP contribution in [0, 0.1) is 0 Å². The second kappa shape index (κ2) is 7.26. The van der Waals surface area contributed by atoms with E-state index in [1.54, 1.807) is 19.1 Å². The molecule has 0 aliphatic heterocycles. The van der Waals surface area contributed by atoms with E-state index in [0.717, 1.165) is 11.4 Å². The van der Waals surface area contributed by atoms with Crippen molar-refractivity contribution in [3.05, 3.63) is 24.3 Å². The summed E-state index contributed by atoms with van der Waals surface area (Å²) in [6.07, 6.45) is 0. The highest BCUT2D eigenvalue weighted by atomic mass is 32.1.